The number of aromatic nitrogens is 2. The van der Waals surface area contributed by atoms with E-state index in [0.29, 0.717) is 0 Å². The van der Waals surface area contributed by atoms with Crippen molar-refractivity contribution in [1.29, 1.82) is 0 Å². The number of carbonyl (C=O) groups is 1. The maximum absolute atomic E-state index is 12.4. The summed E-state index contributed by atoms with van der Waals surface area (Å²) in [4.78, 5) is 38.6. The summed E-state index contributed by atoms with van der Waals surface area (Å²) < 4.78 is 1.22. The highest BCUT2D eigenvalue weighted by atomic mass is 16.6. The van der Waals surface area contributed by atoms with Gasteiger partial charge in [-0.15, -0.1) is 0 Å². The monoisotopic (exact) mass is 316 g/mol. The number of fused-ring (bicyclic) bond motifs is 1. The third kappa shape index (κ3) is 3.20. The van der Waals surface area contributed by atoms with Crippen LogP contribution in [-0.4, -0.2) is 26.4 Å². The van der Waals surface area contributed by atoms with Crippen molar-refractivity contribution in [3.8, 4) is 0 Å². The Balaban J connectivity index is 1.82. The summed E-state index contributed by atoms with van der Waals surface area (Å²) in [5.74, 6) is -0.220. The molecule has 8 heteroatoms. The van der Waals surface area contributed by atoms with E-state index < -0.39 is 4.92 Å². The zero-order valence-corrected chi connectivity index (χ0v) is 12.4. The standard InChI is InChI=1S/C15H16N4O4/c20-14(17-10-3-1-2-4-10)8-18-9-16-13-7-11(19(22)23)5-6-12(13)15(18)21/h5-7,9-10H,1-4,8H2,(H,17,20). The fourth-order valence-corrected chi connectivity index (χ4v) is 2.87. The van der Waals surface area contributed by atoms with Crippen LogP contribution in [0.1, 0.15) is 25.7 Å². The molecule has 1 fully saturated rings. The molecule has 1 saturated carbocycles. The Morgan fingerprint density at radius 1 is 1.39 bits per heavy atom. The lowest BCUT2D eigenvalue weighted by atomic mass is 10.2. The van der Waals surface area contributed by atoms with Gasteiger partial charge < -0.3 is 5.32 Å². The smallest absolute Gasteiger partial charge is 0.271 e. The van der Waals surface area contributed by atoms with Crippen LogP contribution < -0.4 is 10.9 Å². The predicted octanol–water partition coefficient (Wildman–Crippen LogP) is 1.36. The Morgan fingerprint density at radius 3 is 2.83 bits per heavy atom. The molecule has 1 aromatic heterocycles. The van der Waals surface area contributed by atoms with E-state index >= 15 is 0 Å². The fourth-order valence-electron chi connectivity index (χ4n) is 2.87. The maximum Gasteiger partial charge on any atom is 0.271 e. The topological polar surface area (TPSA) is 107 Å². The van der Waals surface area contributed by atoms with Gasteiger partial charge in [-0.05, 0) is 18.9 Å². The lowest BCUT2D eigenvalue weighted by Gasteiger charge is -2.12. The van der Waals surface area contributed by atoms with Crippen LogP contribution >= 0.6 is 0 Å². The molecule has 2 aromatic rings. The lowest BCUT2D eigenvalue weighted by molar-refractivity contribution is -0.384. The number of amides is 1. The van der Waals surface area contributed by atoms with E-state index in [4.69, 9.17) is 0 Å². The zero-order chi connectivity index (χ0) is 16.4. The van der Waals surface area contributed by atoms with E-state index in [1.807, 2.05) is 0 Å². The minimum atomic E-state index is -0.540. The molecule has 0 atom stereocenters. The Morgan fingerprint density at radius 2 is 2.13 bits per heavy atom. The first kappa shape index (κ1) is 15.1. The lowest BCUT2D eigenvalue weighted by Crippen LogP contribution is -2.37. The highest BCUT2D eigenvalue weighted by Gasteiger charge is 2.18. The average Bonchev–Trinajstić information content (AvgIpc) is 3.02. The Hall–Kier alpha value is -2.77. The fraction of sp³-hybridized carbons (Fsp3) is 0.400. The molecular formula is C15H16N4O4. The normalized spacial score (nSPS) is 15.0. The summed E-state index contributed by atoms with van der Waals surface area (Å²) in [7, 11) is 0. The van der Waals surface area contributed by atoms with Crippen LogP contribution in [0.5, 0.6) is 0 Å². The third-order valence-electron chi connectivity index (χ3n) is 4.05. The van der Waals surface area contributed by atoms with Gasteiger partial charge in [-0.25, -0.2) is 4.98 Å². The number of nitro benzene ring substituents is 1. The molecule has 0 unspecified atom stereocenters. The van der Waals surface area contributed by atoms with Crippen molar-refractivity contribution in [3.63, 3.8) is 0 Å². The number of rotatable bonds is 4. The van der Waals surface area contributed by atoms with Gasteiger partial charge in [0.15, 0.2) is 0 Å². The van der Waals surface area contributed by atoms with E-state index in [2.05, 4.69) is 10.3 Å². The number of benzene rings is 1. The molecule has 3 rings (SSSR count). The van der Waals surface area contributed by atoms with Gasteiger partial charge in [-0.1, -0.05) is 12.8 Å². The van der Waals surface area contributed by atoms with Crippen molar-refractivity contribution < 1.29 is 9.72 Å². The summed E-state index contributed by atoms with van der Waals surface area (Å²) in [5, 5.41) is 13.9. The second-order valence-corrected chi connectivity index (χ2v) is 5.69. The number of hydrogen-bond acceptors (Lipinski definition) is 5. The van der Waals surface area contributed by atoms with Crippen LogP contribution in [0.2, 0.25) is 0 Å². The number of nitrogens with one attached hydrogen (secondary N) is 1. The molecule has 1 heterocycles. The molecule has 1 N–H and O–H groups in total. The van der Waals surface area contributed by atoms with Crippen molar-refractivity contribution in [2.45, 2.75) is 38.3 Å². The zero-order valence-electron chi connectivity index (χ0n) is 12.4. The minimum absolute atomic E-state index is 0.102. The molecule has 1 amide bonds. The molecule has 0 radical (unpaired) electrons. The Labute approximate surface area is 131 Å². The number of carbonyl (C=O) groups excluding carboxylic acids is 1. The Kier molecular flexibility index (Phi) is 4.05. The summed E-state index contributed by atoms with van der Waals surface area (Å²) in [6.07, 6.45) is 5.42. The summed E-state index contributed by atoms with van der Waals surface area (Å²) in [5.41, 5.74) is -0.260. The molecule has 8 nitrogen and oxygen atoms in total. The van der Waals surface area contributed by atoms with E-state index in [1.165, 1.54) is 29.1 Å². The molecule has 1 aliphatic rings. The van der Waals surface area contributed by atoms with Crippen LogP contribution in [0.4, 0.5) is 5.69 Å². The summed E-state index contributed by atoms with van der Waals surface area (Å²) in [6.45, 7) is -0.102. The van der Waals surface area contributed by atoms with Crippen LogP contribution in [0.15, 0.2) is 29.3 Å². The maximum atomic E-state index is 12.4. The first-order valence-corrected chi connectivity index (χ1v) is 7.47. The molecule has 1 aliphatic carbocycles. The van der Waals surface area contributed by atoms with Gasteiger partial charge in [0.1, 0.15) is 6.54 Å². The van der Waals surface area contributed by atoms with Crippen molar-refractivity contribution in [2.75, 3.05) is 0 Å². The van der Waals surface area contributed by atoms with Crippen LogP contribution in [0, 0.1) is 10.1 Å². The van der Waals surface area contributed by atoms with Crippen molar-refractivity contribution in [1.82, 2.24) is 14.9 Å². The van der Waals surface area contributed by atoms with Gasteiger partial charge in [-0.2, -0.15) is 0 Å². The van der Waals surface area contributed by atoms with Crippen molar-refractivity contribution in [3.05, 3.63) is 45.0 Å². The molecular weight excluding hydrogens is 300 g/mol. The molecule has 0 spiro atoms. The average molecular weight is 316 g/mol. The van der Waals surface area contributed by atoms with Gasteiger partial charge in [0.25, 0.3) is 11.2 Å². The molecule has 0 saturated heterocycles. The van der Waals surface area contributed by atoms with Gasteiger partial charge in [0, 0.05) is 18.2 Å². The second-order valence-electron chi connectivity index (χ2n) is 5.69. The number of nitro groups is 1. The van der Waals surface area contributed by atoms with Crippen LogP contribution in [-0.2, 0) is 11.3 Å². The SMILES string of the molecule is O=C(Cn1cnc2cc([N+](=O)[O-])ccc2c1=O)NC1CCCC1. The van der Waals surface area contributed by atoms with Crippen LogP contribution in [0.3, 0.4) is 0 Å². The highest BCUT2D eigenvalue weighted by Crippen LogP contribution is 2.18. The van der Waals surface area contributed by atoms with E-state index in [0.717, 1.165) is 25.7 Å². The number of non-ortho nitro benzene ring substituents is 1. The first-order valence-electron chi connectivity index (χ1n) is 7.47. The molecule has 1 aromatic carbocycles. The highest BCUT2D eigenvalue weighted by molar-refractivity contribution is 5.80. The molecule has 0 aliphatic heterocycles. The number of nitrogens with zero attached hydrogens (tertiary/aromatic N) is 3. The van der Waals surface area contributed by atoms with E-state index in [-0.39, 0.29) is 40.6 Å². The molecule has 120 valence electrons. The molecule has 23 heavy (non-hydrogen) atoms. The second kappa shape index (κ2) is 6.15. The summed E-state index contributed by atoms with van der Waals surface area (Å²) >= 11 is 0. The van der Waals surface area contributed by atoms with Gasteiger partial charge >= 0.3 is 0 Å². The predicted molar refractivity (Wildman–Crippen MR) is 83.1 cm³/mol. The largest absolute Gasteiger partial charge is 0.352 e. The third-order valence-corrected chi connectivity index (χ3v) is 4.05. The van der Waals surface area contributed by atoms with E-state index in [9.17, 15) is 19.7 Å². The van der Waals surface area contributed by atoms with Crippen molar-refractivity contribution >= 4 is 22.5 Å². The first-order chi connectivity index (χ1) is 11.0. The Bertz CT molecular complexity index is 824. The van der Waals surface area contributed by atoms with Crippen molar-refractivity contribution in [2.24, 2.45) is 0 Å². The van der Waals surface area contributed by atoms with Gasteiger partial charge in [0.05, 0.1) is 22.2 Å². The minimum Gasteiger partial charge on any atom is -0.352 e. The summed E-state index contributed by atoms with van der Waals surface area (Å²) in [6, 6.07) is 4.07. The molecule has 0 bridgehead atoms. The van der Waals surface area contributed by atoms with Gasteiger partial charge in [-0.3, -0.25) is 24.3 Å². The quantitative estimate of drug-likeness (QED) is 0.677. The van der Waals surface area contributed by atoms with Crippen LogP contribution in [0.25, 0.3) is 10.9 Å². The van der Waals surface area contributed by atoms with E-state index in [1.54, 1.807) is 0 Å². The number of hydrogen-bond donors (Lipinski definition) is 1. The van der Waals surface area contributed by atoms with Gasteiger partial charge in [0.2, 0.25) is 5.91 Å².